The maximum Gasteiger partial charge on any atom is 0.295 e. The second kappa shape index (κ2) is 6.64. The molecule has 2 heterocycles. The predicted octanol–water partition coefficient (Wildman–Crippen LogP) is 4.46. The second-order valence-corrected chi connectivity index (χ2v) is 6.81. The molecule has 0 aliphatic carbocycles. The van der Waals surface area contributed by atoms with E-state index in [-0.39, 0.29) is 17.8 Å². The molecule has 7 heteroatoms. The second-order valence-electron chi connectivity index (χ2n) is 4.90. The van der Waals surface area contributed by atoms with Gasteiger partial charge in [-0.1, -0.05) is 15.9 Å². The first kappa shape index (κ1) is 15.9. The SMILES string of the molecule is Cc1ccc(/C=C2\SC(=O)N(CNc3ccc(Br)cc3)C2=O)o1. The van der Waals surface area contributed by atoms with Gasteiger partial charge in [-0.2, -0.15) is 0 Å². The van der Waals surface area contributed by atoms with E-state index in [0.717, 1.165) is 27.7 Å². The lowest BCUT2D eigenvalue weighted by Crippen LogP contribution is -2.33. The Bertz CT molecular complexity index is 783. The van der Waals surface area contributed by atoms with E-state index < -0.39 is 0 Å². The van der Waals surface area contributed by atoms with E-state index in [1.807, 2.05) is 37.3 Å². The molecule has 0 radical (unpaired) electrons. The summed E-state index contributed by atoms with van der Waals surface area (Å²) in [6.07, 6.45) is 1.59. The van der Waals surface area contributed by atoms with E-state index in [4.69, 9.17) is 4.42 Å². The molecular formula is C16H13BrN2O3S. The fourth-order valence-electron chi connectivity index (χ4n) is 2.03. The lowest BCUT2D eigenvalue weighted by Gasteiger charge is -2.14. The first-order valence-corrected chi connectivity index (χ1v) is 8.45. The standard InChI is InChI=1S/C16H13BrN2O3S/c1-10-2-7-13(22-10)8-14-15(20)19(16(21)23-14)9-18-12-5-3-11(17)4-6-12/h2-8,18H,9H2,1H3/b14-8-. The van der Waals surface area contributed by atoms with Gasteiger partial charge in [0, 0.05) is 16.2 Å². The van der Waals surface area contributed by atoms with Gasteiger partial charge in [-0.25, -0.2) is 0 Å². The Morgan fingerprint density at radius 2 is 1.96 bits per heavy atom. The number of benzene rings is 1. The molecule has 1 aliphatic rings. The molecule has 0 atom stereocenters. The molecule has 1 aromatic heterocycles. The Kier molecular flexibility index (Phi) is 4.58. The van der Waals surface area contributed by atoms with Crippen LogP contribution in [0, 0.1) is 6.92 Å². The van der Waals surface area contributed by atoms with Crippen LogP contribution in [-0.2, 0) is 4.79 Å². The van der Waals surface area contributed by atoms with E-state index >= 15 is 0 Å². The van der Waals surface area contributed by atoms with Crippen molar-refractivity contribution in [3.8, 4) is 0 Å². The molecule has 1 N–H and O–H groups in total. The average molecular weight is 393 g/mol. The highest BCUT2D eigenvalue weighted by Gasteiger charge is 2.35. The van der Waals surface area contributed by atoms with Crippen LogP contribution < -0.4 is 5.32 Å². The number of aryl methyl sites for hydroxylation is 1. The molecule has 2 amide bonds. The molecule has 2 aromatic rings. The van der Waals surface area contributed by atoms with Gasteiger partial charge in [0.1, 0.15) is 11.5 Å². The van der Waals surface area contributed by atoms with Gasteiger partial charge in [0.2, 0.25) is 0 Å². The molecule has 0 saturated carbocycles. The lowest BCUT2D eigenvalue weighted by atomic mass is 10.3. The van der Waals surface area contributed by atoms with Crippen LogP contribution in [0.2, 0.25) is 0 Å². The van der Waals surface area contributed by atoms with E-state index in [9.17, 15) is 9.59 Å². The van der Waals surface area contributed by atoms with Crippen molar-refractivity contribution >= 4 is 50.6 Å². The number of carbonyl (C=O) groups is 2. The third-order valence-electron chi connectivity index (χ3n) is 3.19. The van der Waals surface area contributed by atoms with Crippen molar-refractivity contribution in [2.45, 2.75) is 6.92 Å². The maximum absolute atomic E-state index is 12.3. The first-order valence-electron chi connectivity index (χ1n) is 6.84. The highest BCUT2D eigenvalue weighted by molar-refractivity contribution is 9.10. The van der Waals surface area contributed by atoms with Crippen LogP contribution in [0.4, 0.5) is 10.5 Å². The highest BCUT2D eigenvalue weighted by atomic mass is 79.9. The van der Waals surface area contributed by atoms with Crippen LogP contribution in [0.25, 0.3) is 6.08 Å². The molecule has 1 fully saturated rings. The van der Waals surface area contributed by atoms with Gasteiger partial charge >= 0.3 is 0 Å². The minimum absolute atomic E-state index is 0.126. The number of hydrogen-bond donors (Lipinski definition) is 1. The zero-order valence-electron chi connectivity index (χ0n) is 12.2. The molecule has 3 rings (SSSR count). The number of hydrogen-bond acceptors (Lipinski definition) is 5. The van der Waals surface area contributed by atoms with Crippen LogP contribution in [-0.4, -0.2) is 22.7 Å². The van der Waals surface area contributed by atoms with E-state index in [0.29, 0.717) is 10.7 Å². The fourth-order valence-corrected chi connectivity index (χ4v) is 3.12. The van der Waals surface area contributed by atoms with Crippen molar-refractivity contribution in [1.82, 2.24) is 4.90 Å². The predicted molar refractivity (Wildman–Crippen MR) is 93.9 cm³/mol. The molecule has 5 nitrogen and oxygen atoms in total. The largest absolute Gasteiger partial charge is 0.462 e. The van der Waals surface area contributed by atoms with E-state index in [1.54, 1.807) is 12.1 Å². The number of imide groups is 1. The Morgan fingerprint density at radius 1 is 1.22 bits per heavy atom. The summed E-state index contributed by atoms with van der Waals surface area (Å²) in [5.41, 5.74) is 0.831. The molecule has 23 heavy (non-hydrogen) atoms. The Labute approximate surface area is 145 Å². The molecule has 1 aromatic carbocycles. The van der Waals surface area contributed by atoms with Crippen LogP contribution in [0.15, 0.2) is 50.2 Å². The van der Waals surface area contributed by atoms with Gasteiger partial charge in [0.05, 0.1) is 11.6 Å². The molecule has 0 spiro atoms. The van der Waals surface area contributed by atoms with Crippen molar-refractivity contribution in [3.05, 3.63) is 57.3 Å². The van der Waals surface area contributed by atoms with Crippen LogP contribution >= 0.6 is 27.7 Å². The van der Waals surface area contributed by atoms with E-state index in [1.165, 1.54) is 4.90 Å². The summed E-state index contributed by atoms with van der Waals surface area (Å²) >= 11 is 4.27. The molecular weight excluding hydrogens is 380 g/mol. The topological polar surface area (TPSA) is 62.6 Å². The van der Waals surface area contributed by atoms with Crippen LogP contribution in [0.5, 0.6) is 0 Å². The average Bonchev–Trinajstić information content (AvgIpc) is 3.04. The molecule has 0 bridgehead atoms. The molecule has 1 saturated heterocycles. The first-order chi connectivity index (χ1) is 11.0. The number of furan rings is 1. The minimum atomic E-state index is -0.321. The quantitative estimate of drug-likeness (QED) is 0.778. The monoisotopic (exact) mass is 392 g/mol. The number of amides is 2. The molecule has 0 unspecified atom stereocenters. The molecule has 1 aliphatic heterocycles. The van der Waals surface area contributed by atoms with Crippen LogP contribution in [0.1, 0.15) is 11.5 Å². The van der Waals surface area contributed by atoms with Crippen molar-refractivity contribution in [2.75, 3.05) is 12.0 Å². The van der Waals surface area contributed by atoms with Crippen molar-refractivity contribution in [3.63, 3.8) is 0 Å². The maximum atomic E-state index is 12.3. The van der Waals surface area contributed by atoms with Crippen molar-refractivity contribution in [2.24, 2.45) is 0 Å². The highest BCUT2D eigenvalue weighted by Crippen LogP contribution is 2.32. The summed E-state index contributed by atoms with van der Waals surface area (Å²) in [6, 6.07) is 11.1. The smallest absolute Gasteiger partial charge is 0.295 e. The van der Waals surface area contributed by atoms with Crippen LogP contribution in [0.3, 0.4) is 0 Å². The summed E-state index contributed by atoms with van der Waals surface area (Å²) in [7, 11) is 0. The summed E-state index contributed by atoms with van der Waals surface area (Å²) in [5, 5.41) is 2.77. The Balaban J connectivity index is 1.69. The Hall–Kier alpha value is -1.99. The van der Waals surface area contributed by atoms with Gasteiger partial charge < -0.3 is 9.73 Å². The third-order valence-corrected chi connectivity index (χ3v) is 4.63. The number of nitrogens with zero attached hydrogens (tertiary/aromatic N) is 1. The number of carbonyl (C=O) groups excluding carboxylic acids is 2. The van der Waals surface area contributed by atoms with Gasteiger partial charge in [-0.3, -0.25) is 14.5 Å². The zero-order chi connectivity index (χ0) is 16.4. The summed E-state index contributed by atoms with van der Waals surface area (Å²) in [4.78, 5) is 25.9. The summed E-state index contributed by atoms with van der Waals surface area (Å²) in [6.45, 7) is 1.95. The number of halogens is 1. The minimum Gasteiger partial charge on any atom is -0.462 e. The normalized spacial score (nSPS) is 16.4. The number of anilines is 1. The van der Waals surface area contributed by atoms with Crippen molar-refractivity contribution in [1.29, 1.82) is 0 Å². The van der Waals surface area contributed by atoms with E-state index in [2.05, 4.69) is 21.2 Å². The Morgan fingerprint density at radius 3 is 2.61 bits per heavy atom. The number of rotatable bonds is 4. The fraction of sp³-hybridized carbons (Fsp3) is 0.125. The number of thioether (sulfide) groups is 1. The van der Waals surface area contributed by atoms with Gasteiger partial charge in [-0.05, 0) is 55.1 Å². The summed E-state index contributed by atoms with van der Waals surface area (Å²) < 4.78 is 6.38. The van der Waals surface area contributed by atoms with Gasteiger partial charge in [0.25, 0.3) is 11.1 Å². The van der Waals surface area contributed by atoms with Gasteiger partial charge in [0.15, 0.2) is 0 Å². The van der Waals surface area contributed by atoms with Crippen molar-refractivity contribution < 1.29 is 14.0 Å². The summed E-state index contributed by atoms with van der Waals surface area (Å²) in [5.74, 6) is 1.000. The van der Waals surface area contributed by atoms with Gasteiger partial charge in [-0.15, -0.1) is 0 Å². The lowest BCUT2D eigenvalue weighted by molar-refractivity contribution is -0.122. The third kappa shape index (κ3) is 3.68. The number of nitrogens with one attached hydrogen (secondary N) is 1. The zero-order valence-corrected chi connectivity index (χ0v) is 14.6. The molecule has 118 valence electrons.